The number of aryl methyl sites for hydroxylation is 1. The van der Waals surface area contributed by atoms with E-state index < -0.39 is 27.6 Å². The predicted octanol–water partition coefficient (Wildman–Crippen LogP) is 5.31. The molecule has 0 atom stereocenters. The van der Waals surface area contributed by atoms with E-state index >= 15 is 0 Å². The molecule has 0 bridgehead atoms. The van der Waals surface area contributed by atoms with Crippen molar-refractivity contribution < 1.29 is 26.7 Å². The number of aromatic amines is 1. The molecule has 1 N–H and O–H groups in total. The van der Waals surface area contributed by atoms with Crippen LogP contribution in [0.2, 0.25) is 0 Å². The molecule has 182 valence electrons. The number of nitrogens with one attached hydrogen (secondary N) is 1. The van der Waals surface area contributed by atoms with Gasteiger partial charge in [-0.15, -0.1) is 0 Å². The van der Waals surface area contributed by atoms with E-state index in [0.29, 0.717) is 16.6 Å². The summed E-state index contributed by atoms with van der Waals surface area (Å²) in [6.45, 7) is 1.44. The Morgan fingerprint density at radius 1 is 1.00 bits per heavy atom. The van der Waals surface area contributed by atoms with Crippen LogP contribution in [0.5, 0.6) is 0 Å². The molecule has 5 rings (SSSR count). The van der Waals surface area contributed by atoms with Crippen molar-refractivity contribution in [2.45, 2.75) is 11.8 Å². The first kappa shape index (κ1) is 23.4. The van der Waals surface area contributed by atoms with Gasteiger partial charge < -0.3 is 9.72 Å². The van der Waals surface area contributed by atoms with Crippen molar-refractivity contribution in [2.75, 3.05) is 7.11 Å². The SMILES string of the molecule is COC(=O)c1cc(-c2ccnc3c2ccn3S(=O)(=O)c2ccccc2)[nH]c1-c1ccc(C)c(F)c1F. The zero-order valence-electron chi connectivity index (χ0n) is 19.1. The normalized spacial score (nSPS) is 11.7. The monoisotopic (exact) mass is 507 g/mol. The molecule has 0 amide bonds. The summed E-state index contributed by atoms with van der Waals surface area (Å²) >= 11 is 0. The zero-order chi connectivity index (χ0) is 25.6. The van der Waals surface area contributed by atoms with Gasteiger partial charge in [0.05, 0.1) is 23.3 Å². The van der Waals surface area contributed by atoms with E-state index in [1.54, 1.807) is 30.3 Å². The number of hydrogen-bond acceptors (Lipinski definition) is 5. The van der Waals surface area contributed by atoms with Gasteiger partial charge in [-0.3, -0.25) is 0 Å². The lowest BCUT2D eigenvalue weighted by molar-refractivity contribution is 0.0602. The van der Waals surface area contributed by atoms with Crippen molar-refractivity contribution in [3.05, 3.63) is 95.8 Å². The molecule has 0 saturated carbocycles. The van der Waals surface area contributed by atoms with Crippen LogP contribution in [0.15, 0.2) is 78.0 Å². The summed E-state index contributed by atoms with van der Waals surface area (Å²) < 4.78 is 61.5. The highest BCUT2D eigenvalue weighted by Gasteiger charge is 2.25. The summed E-state index contributed by atoms with van der Waals surface area (Å²) in [5, 5.41) is 0.469. The van der Waals surface area contributed by atoms with Gasteiger partial charge >= 0.3 is 5.97 Å². The van der Waals surface area contributed by atoms with E-state index in [2.05, 4.69) is 9.97 Å². The average molecular weight is 508 g/mol. The van der Waals surface area contributed by atoms with Crippen LogP contribution >= 0.6 is 0 Å². The molecule has 10 heteroatoms. The molecule has 0 unspecified atom stereocenters. The number of nitrogens with zero attached hydrogens (tertiary/aromatic N) is 2. The minimum Gasteiger partial charge on any atom is -0.465 e. The van der Waals surface area contributed by atoms with E-state index in [9.17, 15) is 22.0 Å². The fraction of sp³-hybridized carbons (Fsp3) is 0.0769. The average Bonchev–Trinajstić information content (AvgIpc) is 3.53. The lowest BCUT2D eigenvalue weighted by Gasteiger charge is -2.08. The van der Waals surface area contributed by atoms with Crippen LogP contribution in [0.3, 0.4) is 0 Å². The first-order valence-electron chi connectivity index (χ1n) is 10.8. The van der Waals surface area contributed by atoms with Crippen LogP contribution in [0.25, 0.3) is 33.5 Å². The smallest absolute Gasteiger partial charge is 0.340 e. The largest absolute Gasteiger partial charge is 0.465 e. The number of carbonyl (C=O) groups excluding carboxylic acids is 1. The Morgan fingerprint density at radius 3 is 2.47 bits per heavy atom. The van der Waals surface area contributed by atoms with E-state index in [-0.39, 0.29) is 32.9 Å². The van der Waals surface area contributed by atoms with E-state index in [1.165, 1.54) is 56.8 Å². The van der Waals surface area contributed by atoms with Crippen molar-refractivity contribution in [1.29, 1.82) is 0 Å². The van der Waals surface area contributed by atoms with Gasteiger partial charge in [0.1, 0.15) is 0 Å². The van der Waals surface area contributed by atoms with Gasteiger partial charge in [0.25, 0.3) is 10.0 Å². The molecule has 0 radical (unpaired) electrons. The molecular weight excluding hydrogens is 488 g/mol. The third kappa shape index (κ3) is 3.66. The molecule has 7 nitrogen and oxygen atoms in total. The topological polar surface area (TPSA) is 94.0 Å². The molecule has 36 heavy (non-hydrogen) atoms. The highest BCUT2D eigenvalue weighted by atomic mass is 32.2. The Hall–Kier alpha value is -4.31. The number of fused-ring (bicyclic) bond motifs is 1. The quantitative estimate of drug-likeness (QED) is 0.326. The standard InChI is InChI=1S/C26H19F2N3O4S/c1-15-8-9-19(23(28)22(15)27)24-20(26(32)35-2)14-21(30-24)17-10-12-29-25-18(17)11-13-31(25)36(33,34)16-6-4-3-5-7-16/h3-14,30H,1-2H3. The highest BCUT2D eigenvalue weighted by Crippen LogP contribution is 2.35. The molecule has 0 aliphatic carbocycles. The molecule has 3 heterocycles. The van der Waals surface area contributed by atoms with E-state index in [1.807, 2.05) is 0 Å². The number of methoxy groups -OCH3 is 1. The van der Waals surface area contributed by atoms with Crippen molar-refractivity contribution in [1.82, 2.24) is 13.9 Å². The fourth-order valence-corrected chi connectivity index (χ4v) is 5.39. The maximum atomic E-state index is 14.8. The fourth-order valence-electron chi connectivity index (χ4n) is 4.07. The molecule has 2 aromatic carbocycles. The summed E-state index contributed by atoms with van der Waals surface area (Å²) in [6, 6.07) is 15.4. The first-order chi connectivity index (χ1) is 17.2. The second-order valence-electron chi connectivity index (χ2n) is 8.05. The van der Waals surface area contributed by atoms with Crippen molar-refractivity contribution >= 4 is 27.0 Å². The Labute approximate surface area is 205 Å². The number of esters is 1. The summed E-state index contributed by atoms with van der Waals surface area (Å²) in [6.07, 6.45) is 2.82. The maximum Gasteiger partial charge on any atom is 0.340 e. The Bertz CT molecular complexity index is 1740. The number of benzene rings is 2. The number of rotatable bonds is 5. The maximum absolute atomic E-state index is 14.8. The van der Waals surface area contributed by atoms with Crippen LogP contribution < -0.4 is 0 Å². The Morgan fingerprint density at radius 2 is 1.75 bits per heavy atom. The first-order valence-corrected chi connectivity index (χ1v) is 12.2. The number of halogens is 2. The highest BCUT2D eigenvalue weighted by molar-refractivity contribution is 7.90. The van der Waals surface area contributed by atoms with Gasteiger partial charge in [0.15, 0.2) is 17.3 Å². The number of pyridine rings is 1. The second kappa shape index (κ2) is 8.72. The number of carbonyl (C=O) groups is 1. The number of H-pyrrole nitrogens is 1. The molecule has 0 aliphatic rings. The molecular formula is C26H19F2N3O4S. The molecule has 0 fully saturated rings. The summed E-state index contributed by atoms with van der Waals surface area (Å²) in [7, 11) is -2.74. The third-order valence-electron chi connectivity index (χ3n) is 5.91. The summed E-state index contributed by atoms with van der Waals surface area (Å²) in [5.41, 5.74) is 1.06. The van der Waals surface area contributed by atoms with Crippen LogP contribution in [0.4, 0.5) is 8.78 Å². The molecule has 0 spiro atoms. The third-order valence-corrected chi connectivity index (χ3v) is 7.59. The predicted molar refractivity (Wildman–Crippen MR) is 130 cm³/mol. The van der Waals surface area contributed by atoms with Crippen LogP contribution in [0.1, 0.15) is 15.9 Å². The van der Waals surface area contributed by atoms with Crippen LogP contribution in [-0.4, -0.2) is 35.4 Å². The molecule has 3 aromatic heterocycles. The number of hydrogen-bond donors (Lipinski definition) is 1. The van der Waals surface area contributed by atoms with Gasteiger partial charge in [0, 0.05) is 34.6 Å². The van der Waals surface area contributed by atoms with Gasteiger partial charge in [-0.2, -0.15) is 0 Å². The van der Waals surface area contributed by atoms with Crippen LogP contribution in [0, 0.1) is 18.6 Å². The minimum absolute atomic E-state index is 0.00375. The second-order valence-corrected chi connectivity index (χ2v) is 9.86. The van der Waals surface area contributed by atoms with Crippen LogP contribution in [-0.2, 0) is 14.8 Å². The lowest BCUT2D eigenvalue weighted by atomic mass is 10.0. The number of aromatic nitrogens is 3. The zero-order valence-corrected chi connectivity index (χ0v) is 19.9. The Kier molecular flexibility index (Phi) is 5.68. The molecule has 5 aromatic rings. The molecule has 0 saturated heterocycles. The minimum atomic E-state index is -3.92. The van der Waals surface area contributed by atoms with Gasteiger partial charge in [-0.1, -0.05) is 24.3 Å². The lowest BCUT2D eigenvalue weighted by Crippen LogP contribution is -2.12. The van der Waals surface area contributed by atoms with Gasteiger partial charge in [0.2, 0.25) is 0 Å². The Balaban J connectivity index is 1.70. The van der Waals surface area contributed by atoms with E-state index in [4.69, 9.17) is 4.74 Å². The van der Waals surface area contributed by atoms with Crippen molar-refractivity contribution in [3.63, 3.8) is 0 Å². The van der Waals surface area contributed by atoms with Gasteiger partial charge in [-0.05, 0) is 48.9 Å². The summed E-state index contributed by atoms with van der Waals surface area (Å²) in [5.74, 6) is -2.87. The van der Waals surface area contributed by atoms with E-state index in [0.717, 1.165) is 3.97 Å². The molecule has 0 aliphatic heterocycles. The number of ether oxygens (including phenoxy) is 1. The van der Waals surface area contributed by atoms with Crippen molar-refractivity contribution in [3.8, 4) is 22.5 Å². The van der Waals surface area contributed by atoms with Gasteiger partial charge in [-0.25, -0.2) is 30.9 Å². The van der Waals surface area contributed by atoms with Crippen molar-refractivity contribution in [2.24, 2.45) is 0 Å². The summed E-state index contributed by atoms with van der Waals surface area (Å²) in [4.78, 5) is 19.9.